The first-order valence-electron chi connectivity index (χ1n) is 8.82. The summed E-state index contributed by atoms with van der Waals surface area (Å²) in [5, 5.41) is 6.61. The zero-order valence-corrected chi connectivity index (χ0v) is 14.3. The number of carbonyl (C=O) groups is 2. The lowest BCUT2D eigenvalue weighted by Gasteiger charge is -2.18. The first kappa shape index (κ1) is 16.4. The monoisotopic (exact) mass is 348 g/mol. The van der Waals surface area contributed by atoms with Gasteiger partial charge in [0, 0.05) is 17.8 Å². The van der Waals surface area contributed by atoms with Crippen LogP contribution >= 0.6 is 0 Å². The molecule has 2 N–H and O–H groups in total. The van der Waals surface area contributed by atoms with Crippen molar-refractivity contribution in [1.82, 2.24) is 10.6 Å². The minimum absolute atomic E-state index is 0.141. The summed E-state index contributed by atoms with van der Waals surface area (Å²) in [7, 11) is 0. The Kier molecular flexibility index (Phi) is 4.44. The molecule has 0 saturated heterocycles. The van der Waals surface area contributed by atoms with Crippen molar-refractivity contribution >= 4 is 22.8 Å². The number of benzene rings is 2. The summed E-state index contributed by atoms with van der Waals surface area (Å²) in [5.41, 5.74) is 2.10. The number of hydrogen-bond donors (Lipinski definition) is 2. The highest BCUT2D eigenvalue weighted by molar-refractivity contribution is 6.07. The van der Waals surface area contributed by atoms with Crippen LogP contribution in [-0.4, -0.2) is 23.9 Å². The maximum Gasteiger partial charge on any atom is 0.255 e. The number of hydrogen-bond acceptors (Lipinski definition) is 3. The van der Waals surface area contributed by atoms with Crippen molar-refractivity contribution < 1.29 is 14.0 Å². The fourth-order valence-electron chi connectivity index (χ4n) is 2.98. The molecule has 4 rings (SSSR count). The standard InChI is InChI=1S/C21H20N2O3/c24-20(17-13-26-19-9-5-4-8-16(17)19)23-18(21(25)22-15-10-11-15)12-14-6-2-1-3-7-14/h1-9,13,15,18H,10-12H2,(H,22,25)(H,23,24). The van der Waals surface area contributed by atoms with Gasteiger partial charge in [0.1, 0.15) is 17.9 Å². The Labute approximate surface area is 151 Å². The fraction of sp³-hybridized carbons (Fsp3) is 0.238. The Balaban J connectivity index is 1.54. The molecule has 0 spiro atoms. The number of fused-ring (bicyclic) bond motifs is 1. The molecule has 0 bridgehead atoms. The van der Waals surface area contributed by atoms with E-state index in [1.807, 2.05) is 54.6 Å². The number of carbonyl (C=O) groups excluding carboxylic acids is 2. The van der Waals surface area contributed by atoms with Crippen molar-refractivity contribution in [3.05, 3.63) is 72.0 Å². The van der Waals surface area contributed by atoms with Crippen LogP contribution in [0.15, 0.2) is 65.3 Å². The van der Waals surface area contributed by atoms with Gasteiger partial charge in [0.15, 0.2) is 0 Å². The topological polar surface area (TPSA) is 71.3 Å². The average molecular weight is 348 g/mol. The second-order valence-electron chi connectivity index (χ2n) is 6.64. The first-order chi connectivity index (χ1) is 12.7. The van der Waals surface area contributed by atoms with Gasteiger partial charge in [-0.3, -0.25) is 9.59 Å². The zero-order chi connectivity index (χ0) is 17.9. The van der Waals surface area contributed by atoms with Crippen LogP contribution in [0.1, 0.15) is 28.8 Å². The molecular weight excluding hydrogens is 328 g/mol. The number of amides is 2. The molecule has 1 aliphatic rings. The van der Waals surface area contributed by atoms with Crippen molar-refractivity contribution in [3.63, 3.8) is 0 Å². The molecule has 1 heterocycles. The maximum absolute atomic E-state index is 12.8. The van der Waals surface area contributed by atoms with Gasteiger partial charge < -0.3 is 15.1 Å². The van der Waals surface area contributed by atoms with Crippen molar-refractivity contribution in [2.75, 3.05) is 0 Å². The molecule has 0 aliphatic heterocycles. The quantitative estimate of drug-likeness (QED) is 0.719. The second kappa shape index (κ2) is 7.04. The number of para-hydroxylation sites is 1. The summed E-state index contributed by atoms with van der Waals surface area (Å²) in [6.45, 7) is 0. The molecule has 26 heavy (non-hydrogen) atoms. The normalized spacial score (nSPS) is 14.8. The van der Waals surface area contributed by atoms with Crippen LogP contribution in [0.2, 0.25) is 0 Å². The summed E-state index contributed by atoms with van der Waals surface area (Å²) in [5.74, 6) is -0.445. The third-order valence-electron chi connectivity index (χ3n) is 4.55. The van der Waals surface area contributed by atoms with Gasteiger partial charge in [-0.05, 0) is 24.5 Å². The molecule has 2 aromatic carbocycles. The van der Waals surface area contributed by atoms with E-state index in [2.05, 4.69) is 10.6 Å². The molecule has 0 radical (unpaired) electrons. The van der Waals surface area contributed by atoms with Crippen molar-refractivity contribution in [3.8, 4) is 0 Å². The van der Waals surface area contributed by atoms with E-state index in [9.17, 15) is 9.59 Å². The molecule has 1 saturated carbocycles. The lowest BCUT2D eigenvalue weighted by atomic mass is 10.0. The molecule has 1 aliphatic carbocycles. The molecule has 1 unspecified atom stereocenters. The lowest BCUT2D eigenvalue weighted by Crippen LogP contribution is -2.48. The highest BCUT2D eigenvalue weighted by atomic mass is 16.3. The summed E-state index contributed by atoms with van der Waals surface area (Å²) in [6, 6.07) is 16.7. The summed E-state index contributed by atoms with van der Waals surface area (Å²) >= 11 is 0. The largest absolute Gasteiger partial charge is 0.463 e. The van der Waals surface area contributed by atoms with Gasteiger partial charge in [0.05, 0.1) is 5.56 Å². The zero-order valence-electron chi connectivity index (χ0n) is 14.3. The number of furan rings is 1. The van der Waals surface area contributed by atoms with Gasteiger partial charge >= 0.3 is 0 Å². The molecule has 1 atom stereocenters. The molecule has 1 aromatic heterocycles. The lowest BCUT2D eigenvalue weighted by molar-refractivity contribution is -0.123. The average Bonchev–Trinajstić information content (AvgIpc) is 3.37. The highest BCUT2D eigenvalue weighted by Gasteiger charge is 2.29. The van der Waals surface area contributed by atoms with Crippen LogP contribution < -0.4 is 10.6 Å². The Morgan fingerprint density at radius 3 is 2.54 bits per heavy atom. The number of nitrogens with one attached hydrogen (secondary N) is 2. The smallest absolute Gasteiger partial charge is 0.255 e. The molecular formula is C21H20N2O3. The minimum atomic E-state index is -0.626. The highest BCUT2D eigenvalue weighted by Crippen LogP contribution is 2.21. The van der Waals surface area contributed by atoms with Crippen LogP contribution in [0.25, 0.3) is 11.0 Å². The van der Waals surface area contributed by atoms with E-state index >= 15 is 0 Å². The Bertz CT molecular complexity index is 929. The Morgan fingerprint density at radius 1 is 1.04 bits per heavy atom. The van der Waals surface area contributed by atoms with Crippen molar-refractivity contribution in [1.29, 1.82) is 0 Å². The maximum atomic E-state index is 12.8. The van der Waals surface area contributed by atoms with Gasteiger partial charge in [0.25, 0.3) is 5.91 Å². The van der Waals surface area contributed by atoms with E-state index in [1.54, 1.807) is 0 Å². The molecule has 132 valence electrons. The van der Waals surface area contributed by atoms with Gasteiger partial charge in [-0.15, -0.1) is 0 Å². The molecule has 5 nitrogen and oxygen atoms in total. The Morgan fingerprint density at radius 2 is 1.77 bits per heavy atom. The SMILES string of the molecule is O=C(NC(Cc1ccccc1)C(=O)NC1CC1)c1coc2ccccc12. The molecule has 5 heteroatoms. The minimum Gasteiger partial charge on any atom is -0.463 e. The summed E-state index contributed by atoms with van der Waals surface area (Å²) in [6.07, 6.45) is 3.90. The predicted octanol–water partition coefficient (Wildman–Crippen LogP) is 3.05. The van der Waals surface area contributed by atoms with Crippen LogP contribution in [-0.2, 0) is 11.2 Å². The summed E-state index contributed by atoms with van der Waals surface area (Å²) < 4.78 is 5.44. The number of rotatable bonds is 6. The van der Waals surface area contributed by atoms with Crippen LogP contribution in [0.4, 0.5) is 0 Å². The first-order valence-corrected chi connectivity index (χ1v) is 8.82. The molecule has 3 aromatic rings. The predicted molar refractivity (Wildman–Crippen MR) is 98.8 cm³/mol. The second-order valence-corrected chi connectivity index (χ2v) is 6.64. The van der Waals surface area contributed by atoms with E-state index in [-0.39, 0.29) is 17.9 Å². The molecule has 1 fully saturated rings. The van der Waals surface area contributed by atoms with Crippen LogP contribution in [0.5, 0.6) is 0 Å². The van der Waals surface area contributed by atoms with E-state index in [4.69, 9.17) is 4.42 Å². The third kappa shape index (κ3) is 3.61. The van der Waals surface area contributed by atoms with Crippen LogP contribution in [0, 0.1) is 0 Å². The van der Waals surface area contributed by atoms with Crippen LogP contribution in [0.3, 0.4) is 0 Å². The molecule has 2 amide bonds. The van der Waals surface area contributed by atoms with Crippen molar-refractivity contribution in [2.45, 2.75) is 31.3 Å². The third-order valence-corrected chi connectivity index (χ3v) is 4.55. The van der Waals surface area contributed by atoms with Gasteiger partial charge in [0.2, 0.25) is 5.91 Å². The van der Waals surface area contributed by atoms with E-state index < -0.39 is 6.04 Å². The summed E-state index contributed by atoms with van der Waals surface area (Å²) in [4.78, 5) is 25.4. The van der Waals surface area contributed by atoms with E-state index in [0.29, 0.717) is 17.6 Å². The van der Waals surface area contributed by atoms with Gasteiger partial charge in [-0.2, -0.15) is 0 Å². The van der Waals surface area contributed by atoms with Gasteiger partial charge in [-0.25, -0.2) is 0 Å². The Hall–Kier alpha value is -3.08. The van der Waals surface area contributed by atoms with E-state index in [0.717, 1.165) is 23.8 Å². The van der Waals surface area contributed by atoms with Crippen molar-refractivity contribution in [2.24, 2.45) is 0 Å². The van der Waals surface area contributed by atoms with E-state index in [1.165, 1.54) is 6.26 Å². The van der Waals surface area contributed by atoms with Gasteiger partial charge in [-0.1, -0.05) is 48.5 Å². The fourth-order valence-corrected chi connectivity index (χ4v) is 2.98.